The summed E-state index contributed by atoms with van der Waals surface area (Å²) in [6, 6.07) is 14.8. The Bertz CT molecular complexity index is 1120. The first-order chi connectivity index (χ1) is 14.2. The van der Waals surface area contributed by atoms with E-state index >= 15 is 0 Å². The van der Waals surface area contributed by atoms with Crippen molar-refractivity contribution in [2.75, 3.05) is 18.4 Å². The quantitative estimate of drug-likeness (QED) is 0.380. The Hall–Kier alpha value is -3.14. The highest BCUT2D eigenvalue weighted by Crippen LogP contribution is 2.26. The van der Waals surface area contributed by atoms with E-state index in [9.17, 15) is 9.59 Å². The third-order valence-corrected chi connectivity index (χ3v) is 4.51. The van der Waals surface area contributed by atoms with E-state index in [4.69, 9.17) is 0 Å². The van der Waals surface area contributed by atoms with Gasteiger partial charge in [-0.1, -0.05) is 36.3 Å². The van der Waals surface area contributed by atoms with E-state index in [1.165, 1.54) is 0 Å². The number of carbonyl (C=O) groups is 1. The lowest BCUT2D eigenvalue weighted by atomic mass is 10.0. The molecule has 0 saturated heterocycles. The number of nitrogens with one attached hydrogen (secondary N) is 3. The number of fused-ring (bicyclic) bond motifs is 1. The van der Waals surface area contributed by atoms with E-state index in [1.807, 2.05) is 49.4 Å². The van der Waals surface area contributed by atoms with Gasteiger partial charge in [0, 0.05) is 23.1 Å². The van der Waals surface area contributed by atoms with Crippen molar-refractivity contribution in [3.05, 3.63) is 58.9 Å². The number of anilines is 1. The molecular weight excluding hydrogens is 400 g/mol. The van der Waals surface area contributed by atoms with Crippen LogP contribution >= 0.6 is 12.4 Å². The van der Waals surface area contributed by atoms with Crippen molar-refractivity contribution in [3.8, 4) is 23.1 Å². The van der Waals surface area contributed by atoms with Crippen LogP contribution in [0.1, 0.15) is 26.2 Å². The first-order valence-corrected chi connectivity index (χ1v) is 9.67. The molecule has 0 spiro atoms. The summed E-state index contributed by atoms with van der Waals surface area (Å²) in [7, 11) is 0. The number of halogens is 1. The molecule has 30 heavy (non-hydrogen) atoms. The van der Waals surface area contributed by atoms with Crippen LogP contribution in [-0.2, 0) is 4.79 Å². The van der Waals surface area contributed by atoms with Gasteiger partial charge in [0.1, 0.15) is 0 Å². The van der Waals surface area contributed by atoms with Crippen molar-refractivity contribution in [1.82, 2.24) is 15.5 Å². The van der Waals surface area contributed by atoms with E-state index in [2.05, 4.69) is 32.7 Å². The standard InChI is InChI=1S/C23H24N4O2.ClH/c1-2-3-14-24-15-7-6-13-21(28)25-18-10-8-9-17(16-18)22-19-11-4-5-12-20(19)23(29)27-26-22;/h4-5,8-12,16,24H,6-7,13-15H2,1H3,(H,25,28)(H,27,29);1H. The normalized spacial score (nSPS) is 10.0. The van der Waals surface area contributed by atoms with Crippen LogP contribution in [0.3, 0.4) is 0 Å². The second-order valence-electron chi connectivity index (χ2n) is 6.64. The Morgan fingerprint density at radius 1 is 1.10 bits per heavy atom. The van der Waals surface area contributed by atoms with Crippen molar-refractivity contribution in [1.29, 1.82) is 0 Å². The Balaban J connectivity index is 0.00000320. The van der Waals surface area contributed by atoms with Crippen molar-refractivity contribution >= 4 is 34.8 Å². The van der Waals surface area contributed by atoms with Gasteiger partial charge < -0.3 is 10.6 Å². The van der Waals surface area contributed by atoms with E-state index < -0.39 is 0 Å². The molecule has 0 bridgehead atoms. The minimum absolute atomic E-state index is 0. The van der Waals surface area contributed by atoms with Gasteiger partial charge in [0.25, 0.3) is 5.56 Å². The summed E-state index contributed by atoms with van der Waals surface area (Å²) in [5.41, 5.74) is 2.00. The number of rotatable bonds is 8. The predicted molar refractivity (Wildman–Crippen MR) is 124 cm³/mol. The van der Waals surface area contributed by atoms with Gasteiger partial charge in [0.15, 0.2) is 0 Å². The molecule has 1 heterocycles. The zero-order chi connectivity index (χ0) is 20.5. The topological polar surface area (TPSA) is 86.9 Å². The third kappa shape index (κ3) is 6.18. The molecule has 3 rings (SSSR count). The van der Waals surface area contributed by atoms with Crippen molar-refractivity contribution in [2.24, 2.45) is 0 Å². The molecule has 0 saturated carbocycles. The molecule has 0 radical (unpaired) electrons. The van der Waals surface area contributed by atoms with Gasteiger partial charge in [-0.2, -0.15) is 5.10 Å². The van der Waals surface area contributed by atoms with Crippen LogP contribution in [0.2, 0.25) is 0 Å². The average Bonchev–Trinajstić information content (AvgIpc) is 2.74. The molecule has 3 N–H and O–H groups in total. The zero-order valence-corrected chi connectivity index (χ0v) is 17.6. The monoisotopic (exact) mass is 424 g/mol. The van der Waals surface area contributed by atoms with Crippen LogP contribution in [0.25, 0.3) is 22.0 Å². The van der Waals surface area contributed by atoms with Gasteiger partial charge in [-0.05, 0) is 44.5 Å². The molecule has 7 heteroatoms. The second-order valence-corrected chi connectivity index (χ2v) is 6.64. The second kappa shape index (κ2) is 11.8. The fourth-order valence-electron chi connectivity index (χ4n) is 3.08. The molecule has 1 aromatic heterocycles. The van der Waals surface area contributed by atoms with Crippen LogP contribution in [0, 0.1) is 11.8 Å². The van der Waals surface area contributed by atoms with E-state index in [0.717, 1.165) is 30.3 Å². The van der Waals surface area contributed by atoms with Crippen LogP contribution in [0.4, 0.5) is 5.69 Å². The van der Waals surface area contributed by atoms with Gasteiger partial charge in [-0.15, -0.1) is 18.3 Å². The van der Waals surface area contributed by atoms with Gasteiger partial charge in [0.2, 0.25) is 5.91 Å². The number of hydrogen-bond acceptors (Lipinski definition) is 4. The number of aromatic amines is 1. The number of nitrogens with zero attached hydrogens (tertiary/aromatic N) is 1. The average molecular weight is 425 g/mol. The van der Waals surface area contributed by atoms with E-state index in [0.29, 0.717) is 29.7 Å². The molecule has 1 amide bonds. The minimum Gasteiger partial charge on any atom is -0.326 e. The number of carbonyl (C=O) groups excluding carboxylic acids is 1. The summed E-state index contributed by atoms with van der Waals surface area (Å²) in [4.78, 5) is 24.2. The highest BCUT2D eigenvalue weighted by molar-refractivity contribution is 5.95. The number of benzene rings is 2. The summed E-state index contributed by atoms with van der Waals surface area (Å²) in [6.07, 6.45) is 2.20. The number of H-pyrrole nitrogens is 1. The lowest BCUT2D eigenvalue weighted by molar-refractivity contribution is -0.116. The smallest absolute Gasteiger partial charge is 0.272 e. The first kappa shape index (κ1) is 23.1. The SMILES string of the molecule is CC#CCNCCCCC(=O)Nc1cccc(-c2n[nH]c(=O)c3ccccc23)c1.Cl. The van der Waals surface area contributed by atoms with Crippen LogP contribution in [0.15, 0.2) is 53.3 Å². The Labute approximate surface area is 181 Å². The fraction of sp³-hybridized carbons (Fsp3) is 0.261. The number of unbranched alkanes of at least 4 members (excludes halogenated alkanes) is 1. The molecule has 2 aromatic carbocycles. The summed E-state index contributed by atoms with van der Waals surface area (Å²) >= 11 is 0. The summed E-state index contributed by atoms with van der Waals surface area (Å²) in [5.74, 6) is 5.76. The maximum absolute atomic E-state index is 12.2. The molecule has 0 aliphatic carbocycles. The number of amides is 1. The molecule has 0 aliphatic rings. The van der Waals surface area contributed by atoms with Gasteiger partial charge >= 0.3 is 0 Å². The summed E-state index contributed by atoms with van der Waals surface area (Å²) < 4.78 is 0. The molecule has 6 nitrogen and oxygen atoms in total. The lowest BCUT2D eigenvalue weighted by Crippen LogP contribution is -2.16. The highest BCUT2D eigenvalue weighted by atomic mass is 35.5. The Kier molecular flexibility index (Phi) is 9.07. The third-order valence-electron chi connectivity index (χ3n) is 4.51. The maximum atomic E-state index is 12.2. The summed E-state index contributed by atoms with van der Waals surface area (Å²) in [5, 5.41) is 14.3. The lowest BCUT2D eigenvalue weighted by Gasteiger charge is -2.09. The van der Waals surface area contributed by atoms with Crippen LogP contribution < -0.4 is 16.2 Å². The predicted octanol–water partition coefficient (Wildman–Crippen LogP) is 3.73. The van der Waals surface area contributed by atoms with Crippen molar-refractivity contribution in [2.45, 2.75) is 26.2 Å². The largest absolute Gasteiger partial charge is 0.326 e. The number of aromatic nitrogens is 2. The fourth-order valence-corrected chi connectivity index (χ4v) is 3.08. The molecule has 0 aliphatic heterocycles. The van der Waals surface area contributed by atoms with Crippen LogP contribution in [-0.4, -0.2) is 29.2 Å². The molecule has 0 unspecified atom stereocenters. The summed E-state index contributed by atoms with van der Waals surface area (Å²) in [6.45, 7) is 3.35. The molecule has 156 valence electrons. The van der Waals surface area contributed by atoms with E-state index in [-0.39, 0.29) is 23.9 Å². The van der Waals surface area contributed by atoms with Crippen molar-refractivity contribution in [3.63, 3.8) is 0 Å². The van der Waals surface area contributed by atoms with Gasteiger partial charge in [0.05, 0.1) is 17.6 Å². The number of hydrogen-bond donors (Lipinski definition) is 3. The molecule has 3 aromatic rings. The van der Waals surface area contributed by atoms with Crippen LogP contribution in [0.5, 0.6) is 0 Å². The Morgan fingerprint density at radius 3 is 2.70 bits per heavy atom. The molecular formula is C23H25ClN4O2. The molecule has 0 atom stereocenters. The maximum Gasteiger partial charge on any atom is 0.272 e. The highest BCUT2D eigenvalue weighted by Gasteiger charge is 2.09. The van der Waals surface area contributed by atoms with E-state index in [1.54, 1.807) is 6.07 Å². The first-order valence-electron chi connectivity index (χ1n) is 9.67. The molecule has 0 fully saturated rings. The minimum atomic E-state index is -0.218. The zero-order valence-electron chi connectivity index (χ0n) is 16.8. The van der Waals surface area contributed by atoms with Crippen molar-refractivity contribution < 1.29 is 4.79 Å². The Morgan fingerprint density at radius 2 is 1.90 bits per heavy atom. The van der Waals surface area contributed by atoms with Gasteiger partial charge in [-0.3, -0.25) is 9.59 Å². The van der Waals surface area contributed by atoms with Gasteiger partial charge in [-0.25, -0.2) is 5.10 Å².